The Morgan fingerprint density at radius 1 is 1.24 bits per heavy atom. The third-order valence-corrected chi connectivity index (χ3v) is 8.60. The summed E-state index contributed by atoms with van der Waals surface area (Å²) in [5.74, 6) is 0.155. The predicted octanol–water partition coefficient (Wildman–Crippen LogP) is 4.90. The van der Waals surface area contributed by atoms with E-state index < -0.39 is 28.5 Å². The topological polar surface area (TPSA) is 108 Å². The van der Waals surface area contributed by atoms with Crippen molar-refractivity contribution in [3.8, 4) is 17.6 Å². The normalized spacial score (nSPS) is 28.0. The molecular formula is C30H29N3O4S. The van der Waals surface area contributed by atoms with E-state index in [1.165, 1.54) is 25.1 Å². The number of fused-ring (bicyclic) bond motifs is 3. The lowest BCUT2D eigenvalue weighted by atomic mass is 9.71. The number of ether oxygens (including phenoxy) is 2. The van der Waals surface area contributed by atoms with Gasteiger partial charge in [-0.1, -0.05) is 55.1 Å². The number of aliphatic hydroxyl groups excluding tert-OH is 1. The molecule has 38 heavy (non-hydrogen) atoms. The van der Waals surface area contributed by atoms with Gasteiger partial charge in [0.05, 0.1) is 47.0 Å². The van der Waals surface area contributed by atoms with Crippen molar-refractivity contribution >= 4 is 11.8 Å². The summed E-state index contributed by atoms with van der Waals surface area (Å²) in [6.07, 6.45) is 10.3. The summed E-state index contributed by atoms with van der Waals surface area (Å²) in [5.41, 5.74) is -0.963. The van der Waals surface area contributed by atoms with Gasteiger partial charge in [-0.25, -0.2) is 4.98 Å². The minimum absolute atomic E-state index is 0.328. The van der Waals surface area contributed by atoms with Crippen LogP contribution in [0.15, 0.2) is 89.9 Å². The Bertz CT molecular complexity index is 1420. The van der Waals surface area contributed by atoms with E-state index in [2.05, 4.69) is 22.1 Å². The summed E-state index contributed by atoms with van der Waals surface area (Å²) in [7, 11) is 1.50. The molecule has 0 radical (unpaired) electrons. The standard InChI is InChI=1S/C30H29N3O4S/c1-4-8-20(9-5-2)25-27(38-24-10-6-7-15-33-24)28(34)29(35)26-22(36-3)17-32-18-23(26)37-30(25,29)21-13-11-19(16-31)12-14-21/h4,6-15,17-18,25,27-28,34-35H,5H2,1-3H3/b8-4-,20-9+/t25-,27-,28-,29+,30+/m1/s1. The fourth-order valence-electron chi connectivity index (χ4n) is 5.88. The largest absolute Gasteiger partial charge is 0.495 e. The van der Waals surface area contributed by atoms with Crippen LogP contribution in [0, 0.1) is 17.2 Å². The van der Waals surface area contributed by atoms with E-state index >= 15 is 0 Å². The van der Waals surface area contributed by atoms with Crippen LogP contribution in [0.5, 0.6) is 11.5 Å². The lowest BCUT2D eigenvalue weighted by Gasteiger charge is -2.41. The zero-order chi connectivity index (χ0) is 26.9. The van der Waals surface area contributed by atoms with Gasteiger partial charge in [0.25, 0.3) is 0 Å². The van der Waals surface area contributed by atoms with Crippen LogP contribution in [0.2, 0.25) is 0 Å². The summed E-state index contributed by atoms with van der Waals surface area (Å²) in [5, 5.41) is 34.7. The summed E-state index contributed by atoms with van der Waals surface area (Å²) in [6, 6.07) is 14.8. The Balaban J connectivity index is 1.84. The maximum absolute atomic E-state index is 12.9. The zero-order valence-corrected chi connectivity index (χ0v) is 22.2. The number of nitrogens with zero attached hydrogens (tertiary/aromatic N) is 3. The molecule has 8 heteroatoms. The van der Waals surface area contributed by atoms with Crippen molar-refractivity contribution in [2.75, 3.05) is 7.11 Å². The number of aromatic nitrogens is 2. The molecule has 0 unspecified atom stereocenters. The molecule has 1 fully saturated rings. The molecular weight excluding hydrogens is 498 g/mol. The second kappa shape index (κ2) is 10.3. The molecule has 1 aliphatic carbocycles. The maximum Gasteiger partial charge on any atom is 0.178 e. The maximum atomic E-state index is 12.9. The van der Waals surface area contributed by atoms with Gasteiger partial charge in [-0.15, -0.1) is 0 Å². The second-order valence-electron chi connectivity index (χ2n) is 9.29. The van der Waals surface area contributed by atoms with Crippen LogP contribution in [-0.2, 0) is 11.2 Å². The van der Waals surface area contributed by atoms with E-state index in [9.17, 15) is 15.5 Å². The number of allylic oxidation sites excluding steroid dienone is 3. The number of benzene rings is 1. The highest BCUT2D eigenvalue weighted by atomic mass is 32.2. The Labute approximate surface area is 226 Å². The molecule has 0 amide bonds. The Morgan fingerprint density at radius 2 is 2.03 bits per heavy atom. The highest BCUT2D eigenvalue weighted by Gasteiger charge is 2.77. The molecule has 0 spiro atoms. The van der Waals surface area contributed by atoms with Gasteiger partial charge in [0.1, 0.15) is 17.6 Å². The Morgan fingerprint density at radius 3 is 2.66 bits per heavy atom. The second-order valence-corrected chi connectivity index (χ2v) is 10.5. The van der Waals surface area contributed by atoms with Crippen molar-refractivity contribution in [2.45, 2.75) is 47.9 Å². The number of nitriles is 1. The zero-order valence-electron chi connectivity index (χ0n) is 21.4. The molecule has 1 saturated carbocycles. The molecule has 7 nitrogen and oxygen atoms in total. The minimum Gasteiger partial charge on any atom is -0.495 e. The van der Waals surface area contributed by atoms with E-state index in [4.69, 9.17) is 9.47 Å². The molecule has 5 atom stereocenters. The van der Waals surface area contributed by atoms with Crippen molar-refractivity contribution in [1.82, 2.24) is 9.97 Å². The SMILES string of the molecule is C/C=C\C(=C/CC)[C@@H]1[C@@H](Sc2ccccn2)[C@@H](O)[C@@]2(O)c3c(OC)cncc3O[C@@]12c1ccc(C#N)cc1. The number of aliphatic hydroxyl groups is 2. The molecule has 0 bridgehead atoms. The van der Waals surface area contributed by atoms with Crippen molar-refractivity contribution in [2.24, 2.45) is 5.92 Å². The van der Waals surface area contributed by atoms with Crippen LogP contribution in [-0.4, -0.2) is 38.6 Å². The average Bonchev–Trinajstić information content (AvgIpc) is 3.32. The van der Waals surface area contributed by atoms with Crippen molar-refractivity contribution in [1.29, 1.82) is 5.26 Å². The van der Waals surface area contributed by atoms with Gasteiger partial charge in [-0.05, 0) is 48.7 Å². The molecule has 1 aromatic carbocycles. The van der Waals surface area contributed by atoms with Gasteiger partial charge in [0, 0.05) is 12.1 Å². The number of pyridine rings is 2. The summed E-state index contributed by atoms with van der Waals surface area (Å²) < 4.78 is 12.4. The van der Waals surface area contributed by atoms with Crippen LogP contribution >= 0.6 is 11.8 Å². The van der Waals surface area contributed by atoms with E-state index in [1.807, 2.05) is 44.2 Å². The van der Waals surface area contributed by atoms with Crippen molar-refractivity contribution in [3.63, 3.8) is 0 Å². The monoisotopic (exact) mass is 527 g/mol. The van der Waals surface area contributed by atoms with Crippen molar-refractivity contribution in [3.05, 3.63) is 102 Å². The van der Waals surface area contributed by atoms with E-state index in [0.29, 0.717) is 28.2 Å². The van der Waals surface area contributed by atoms with Crippen LogP contribution < -0.4 is 9.47 Å². The Kier molecular flexibility index (Phi) is 7.01. The van der Waals surface area contributed by atoms with Gasteiger partial charge < -0.3 is 19.7 Å². The number of thioether (sulfide) groups is 1. The van der Waals surface area contributed by atoms with E-state index in [0.717, 1.165) is 17.0 Å². The number of hydrogen-bond donors (Lipinski definition) is 2. The van der Waals surface area contributed by atoms with Crippen LogP contribution in [0.4, 0.5) is 0 Å². The average molecular weight is 528 g/mol. The molecule has 0 saturated heterocycles. The fraction of sp³-hybridized carbons (Fsp3) is 0.300. The molecule has 2 aliphatic rings. The van der Waals surface area contributed by atoms with Crippen LogP contribution in [0.1, 0.15) is 37.0 Å². The molecule has 3 heterocycles. The molecule has 194 valence electrons. The minimum atomic E-state index is -1.91. The number of rotatable bonds is 7. The quantitative estimate of drug-likeness (QED) is 0.418. The third kappa shape index (κ3) is 3.73. The van der Waals surface area contributed by atoms with Crippen molar-refractivity contribution < 1.29 is 19.7 Å². The molecule has 5 rings (SSSR count). The lowest BCUT2D eigenvalue weighted by Crippen LogP contribution is -2.52. The predicted molar refractivity (Wildman–Crippen MR) is 145 cm³/mol. The van der Waals surface area contributed by atoms with Gasteiger partial charge in [0.2, 0.25) is 0 Å². The molecule has 3 aromatic rings. The smallest absolute Gasteiger partial charge is 0.178 e. The fourth-order valence-corrected chi connectivity index (χ4v) is 7.25. The highest BCUT2D eigenvalue weighted by Crippen LogP contribution is 2.69. The van der Waals surface area contributed by atoms with Gasteiger partial charge in [0.15, 0.2) is 11.2 Å². The van der Waals surface area contributed by atoms with Gasteiger partial charge >= 0.3 is 0 Å². The summed E-state index contributed by atoms with van der Waals surface area (Å²) >= 11 is 1.41. The van der Waals surface area contributed by atoms with Crippen LogP contribution in [0.25, 0.3) is 0 Å². The summed E-state index contributed by atoms with van der Waals surface area (Å²) in [6.45, 7) is 3.99. The first-order valence-corrected chi connectivity index (χ1v) is 13.4. The van der Waals surface area contributed by atoms with Crippen LogP contribution in [0.3, 0.4) is 0 Å². The molecule has 2 N–H and O–H groups in total. The van der Waals surface area contributed by atoms with E-state index in [1.54, 1.807) is 36.7 Å². The van der Waals surface area contributed by atoms with Gasteiger partial charge in [-0.2, -0.15) is 5.26 Å². The first-order chi connectivity index (χ1) is 18.5. The number of hydrogen-bond acceptors (Lipinski definition) is 8. The molecule has 2 aromatic heterocycles. The lowest BCUT2D eigenvalue weighted by molar-refractivity contribution is -0.153. The first kappa shape index (κ1) is 26.0. The third-order valence-electron chi connectivity index (χ3n) is 7.32. The molecule has 1 aliphatic heterocycles. The number of methoxy groups -OCH3 is 1. The summed E-state index contributed by atoms with van der Waals surface area (Å²) in [4.78, 5) is 8.76. The highest BCUT2D eigenvalue weighted by molar-refractivity contribution is 8.00. The van der Waals surface area contributed by atoms with Gasteiger partial charge in [-0.3, -0.25) is 4.98 Å². The Hall–Kier alpha value is -3.64. The van der Waals surface area contributed by atoms with E-state index in [-0.39, 0.29) is 0 Å². The first-order valence-electron chi connectivity index (χ1n) is 12.5.